The Bertz CT molecular complexity index is 832. The average molecular weight is 295 g/mol. The molecular formula is C15H17N7. The molecule has 0 aliphatic carbocycles. The molecule has 7 nitrogen and oxygen atoms in total. The Balaban J connectivity index is 1.62. The second-order valence-electron chi connectivity index (χ2n) is 5.74. The Hall–Kier alpha value is -2.46. The molecule has 22 heavy (non-hydrogen) atoms. The summed E-state index contributed by atoms with van der Waals surface area (Å²) < 4.78 is 2.17. The van der Waals surface area contributed by atoms with Crippen molar-refractivity contribution < 1.29 is 0 Å². The molecule has 0 unspecified atom stereocenters. The van der Waals surface area contributed by atoms with E-state index in [0.29, 0.717) is 12.5 Å². The Morgan fingerprint density at radius 1 is 1.32 bits per heavy atom. The van der Waals surface area contributed by atoms with E-state index in [2.05, 4.69) is 35.9 Å². The number of likely N-dealkylation sites (tertiary alicyclic amines) is 1. The molecule has 1 N–H and O–H groups in total. The number of aromatic nitrogens is 5. The molecule has 1 saturated heterocycles. The molecule has 1 aliphatic heterocycles. The minimum absolute atomic E-state index is 0.406. The van der Waals surface area contributed by atoms with Crippen molar-refractivity contribution in [2.24, 2.45) is 0 Å². The average Bonchev–Trinajstić information content (AvgIpc) is 3.19. The van der Waals surface area contributed by atoms with Crippen LogP contribution >= 0.6 is 0 Å². The van der Waals surface area contributed by atoms with Crippen molar-refractivity contribution in [3.63, 3.8) is 0 Å². The zero-order valence-corrected chi connectivity index (χ0v) is 12.2. The first-order valence-electron chi connectivity index (χ1n) is 7.62. The molecule has 3 aromatic rings. The summed E-state index contributed by atoms with van der Waals surface area (Å²) in [5, 5.41) is 17.3. The number of pyridine rings is 1. The van der Waals surface area contributed by atoms with E-state index in [1.807, 2.05) is 6.07 Å². The molecule has 0 atom stereocenters. The van der Waals surface area contributed by atoms with Gasteiger partial charge in [-0.1, -0.05) is 0 Å². The van der Waals surface area contributed by atoms with Gasteiger partial charge in [-0.2, -0.15) is 10.4 Å². The highest BCUT2D eigenvalue weighted by atomic mass is 15.4. The van der Waals surface area contributed by atoms with E-state index in [0.717, 1.165) is 54.5 Å². The lowest BCUT2D eigenvalue weighted by atomic mass is 10.0. The summed E-state index contributed by atoms with van der Waals surface area (Å²) in [7, 11) is 0. The highest BCUT2D eigenvalue weighted by Crippen LogP contribution is 2.28. The van der Waals surface area contributed by atoms with Crippen LogP contribution in [0.4, 0.5) is 0 Å². The van der Waals surface area contributed by atoms with Crippen molar-refractivity contribution in [2.45, 2.75) is 25.3 Å². The largest absolute Gasteiger partial charge is 0.302 e. The minimum Gasteiger partial charge on any atom is -0.302 e. The molecule has 7 heteroatoms. The second kappa shape index (κ2) is 5.39. The fourth-order valence-corrected chi connectivity index (χ4v) is 3.30. The first-order chi connectivity index (χ1) is 10.9. The van der Waals surface area contributed by atoms with Crippen molar-refractivity contribution in [3.8, 4) is 6.07 Å². The van der Waals surface area contributed by atoms with Gasteiger partial charge in [-0.3, -0.25) is 4.68 Å². The standard InChI is InChI=1S/C15H17N7/c16-5-1-7-21-8-3-11(4-9-21)22-14-12-2-6-17-15(12)18-10-13(14)19-20-22/h2,6,10-11,20H,1,3-4,7-9H2. The molecule has 0 spiro atoms. The van der Waals surface area contributed by atoms with Gasteiger partial charge in [0.05, 0.1) is 23.8 Å². The van der Waals surface area contributed by atoms with Crippen LogP contribution in [0.3, 0.4) is 0 Å². The molecular weight excluding hydrogens is 278 g/mol. The third-order valence-corrected chi connectivity index (χ3v) is 4.47. The zero-order valence-electron chi connectivity index (χ0n) is 12.2. The fraction of sp³-hybridized carbons (Fsp3) is 0.467. The summed E-state index contributed by atoms with van der Waals surface area (Å²) in [6, 6.07) is 4.62. The summed E-state index contributed by atoms with van der Waals surface area (Å²) in [4.78, 5) is 11.0. The normalized spacial score (nSPS) is 17.2. The van der Waals surface area contributed by atoms with E-state index >= 15 is 0 Å². The van der Waals surface area contributed by atoms with Crippen LogP contribution in [0.2, 0.25) is 0 Å². The Labute approximate surface area is 127 Å². The van der Waals surface area contributed by atoms with Crippen LogP contribution in [0, 0.1) is 11.3 Å². The quantitative estimate of drug-likeness (QED) is 0.797. The van der Waals surface area contributed by atoms with Gasteiger partial charge >= 0.3 is 0 Å². The molecule has 4 heterocycles. The summed E-state index contributed by atoms with van der Waals surface area (Å²) in [5.41, 5.74) is 2.75. The van der Waals surface area contributed by atoms with Gasteiger partial charge in [0.2, 0.25) is 0 Å². The molecule has 0 aromatic carbocycles. The lowest BCUT2D eigenvalue weighted by Gasteiger charge is -2.31. The maximum atomic E-state index is 8.69. The number of piperidine rings is 1. The number of nitrogens with one attached hydrogen (secondary N) is 1. The van der Waals surface area contributed by atoms with Gasteiger partial charge in [-0.15, -0.1) is 0 Å². The van der Waals surface area contributed by atoms with Crippen LogP contribution in [0.5, 0.6) is 0 Å². The van der Waals surface area contributed by atoms with E-state index in [1.165, 1.54) is 0 Å². The fourth-order valence-electron chi connectivity index (χ4n) is 3.30. The van der Waals surface area contributed by atoms with E-state index in [1.54, 1.807) is 12.4 Å². The third kappa shape index (κ3) is 2.12. The van der Waals surface area contributed by atoms with Crippen LogP contribution in [-0.4, -0.2) is 49.5 Å². The number of nitrogens with zero attached hydrogens (tertiary/aromatic N) is 6. The molecule has 112 valence electrons. The number of H-pyrrole nitrogens is 1. The van der Waals surface area contributed by atoms with Gasteiger partial charge in [0, 0.05) is 37.6 Å². The van der Waals surface area contributed by atoms with Crippen molar-refractivity contribution in [1.29, 1.82) is 5.26 Å². The number of nitriles is 1. The van der Waals surface area contributed by atoms with Crippen molar-refractivity contribution in [1.82, 2.24) is 29.9 Å². The number of hydrogen-bond acceptors (Lipinski definition) is 5. The second-order valence-corrected chi connectivity index (χ2v) is 5.74. The van der Waals surface area contributed by atoms with Gasteiger partial charge in [0.25, 0.3) is 0 Å². The lowest BCUT2D eigenvalue weighted by Crippen LogP contribution is -2.35. The van der Waals surface area contributed by atoms with Gasteiger partial charge in [0.1, 0.15) is 5.52 Å². The lowest BCUT2D eigenvalue weighted by molar-refractivity contribution is 0.184. The van der Waals surface area contributed by atoms with Crippen LogP contribution in [0.25, 0.3) is 22.1 Å². The van der Waals surface area contributed by atoms with Crippen molar-refractivity contribution in [3.05, 3.63) is 18.5 Å². The van der Waals surface area contributed by atoms with Gasteiger partial charge < -0.3 is 4.90 Å². The zero-order chi connectivity index (χ0) is 14.9. The minimum atomic E-state index is 0.406. The van der Waals surface area contributed by atoms with Crippen molar-refractivity contribution in [2.75, 3.05) is 19.6 Å². The highest BCUT2D eigenvalue weighted by Gasteiger charge is 2.23. The van der Waals surface area contributed by atoms with E-state index in [-0.39, 0.29) is 0 Å². The van der Waals surface area contributed by atoms with Crippen LogP contribution in [0.15, 0.2) is 18.5 Å². The van der Waals surface area contributed by atoms with Crippen molar-refractivity contribution >= 4 is 22.1 Å². The van der Waals surface area contributed by atoms with E-state index in [4.69, 9.17) is 5.26 Å². The Morgan fingerprint density at radius 2 is 2.18 bits per heavy atom. The molecule has 0 bridgehead atoms. The smallest absolute Gasteiger partial charge is 0.161 e. The van der Waals surface area contributed by atoms with Crippen LogP contribution in [-0.2, 0) is 0 Å². The van der Waals surface area contributed by atoms with Gasteiger partial charge in [-0.25, -0.2) is 15.2 Å². The third-order valence-electron chi connectivity index (χ3n) is 4.47. The van der Waals surface area contributed by atoms with Gasteiger partial charge in [0.15, 0.2) is 5.65 Å². The summed E-state index contributed by atoms with van der Waals surface area (Å²) in [6.07, 6.45) is 6.30. The summed E-state index contributed by atoms with van der Waals surface area (Å²) in [6.45, 7) is 2.92. The number of hydrogen-bond donors (Lipinski definition) is 1. The van der Waals surface area contributed by atoms with Gasteiger partial charge in [-0.05, 0) is 18.9 Å². The number of fused-ring (bicyclic) bond motifs is 3. The van der Waals surface area contributed by atoms with Crippen LogP contribution in [0.1, 0.15) is 25.3 Å². The first kappa shape index (κ1) is 13.2. The van der Waals surface area contributed by atoms with Crippen LogP contribution < -0.4 is 0 Å². The predicted molar refractivity (Wildman–Crippen MR) is 82.1 cm³/mol. The van der Waals surface area contributed by atoms with E-state index in [9.17, 15) is 0 Å². The van der Waals surface area contributed by atoms with E-state index < -0.39 is 0 Å². The molecule has 0 radical (unpaired) electrons. The summed E-state index contributed by atoms with van der Waals surface area (Å²) in [5.74, 6) is 0. The maximum Gasteiger partial charge on any atom is 0.161 e. The SMILES string of the molecule is N#CCCN1CCC(n2[nH]nc3cnc4nccc4c32)CC1. The predicted octanol–water partition coefficient (Wildman–Crippen LogP) is 1.86. The highest BCUT2D eigenvalue weighted by molar-refractivity contribution is 6.00. The topological polar surface area (TPSA) is 86.4 Å². The number of aromatic amines is 1. The Morgan fingerprint density at radius 3 is 3.00 bits per heavy atom. The molecule has 0 saturated carbocycles. The maximum absolute atomic E-state index is 8.69. The number of rotatable bonds is 3. The Kier molecular flexibility index (Phi) is 3.24. The monoisotopic (exact) mass is 295 g/mol. The summed E-state index contributed by atoms with van der Waals surface area (Å²) >= 11 is 0. The molecule has 0 amide bonds. The molecule has 1 fully saturated rings. The molecule has 3 aromatic heterocycles. The molecule has 1 aliphatic rings. The molecule has 4 rings (SSSR count). The first-order valence-corrected chi connectivity index (χ1v) is 7.62.